The van der Waals surface area contributed by atoms with Crippen molar-refractivity contribution in [3.63, 3.8) is 0 Å². The van der Waals surface area contributed by atoms with Gasteiger partial charge in [0.1, 0.15) is 11.8 Å². The van der Waals surface area contributed by atoms with Crippen LogP contribution in [-0.4, -0.2) is 30.0 Å². The molecule has 1 heterocycles. The molecule has 0 aromatic heterocycles. The number of anilines is 1. The fraction of sp³-hybridized carbons (Fsp3) is 0.600. The molecule has 25 heavy (non-hydrogen) atoms. The Morgan fingerprint density at radius 2 is 1.88 bits per heavy atom. The highest BCUT2D eigenvalue weighted by molar-refractivity contribution is 6.04. The lowest BCUT2D eigenvalue weighted by Gasteiger charge is -2.41. The van der Waals surface area contributed by atoms with Gasteiger partial charge in [-0.3, -0.25) is 14.5 Å². The van der Waals surface area contributed by atoms with E-state index in [9.17, 15) is 9.59 Å². The second-order valence-corrected chi connectivity index (χ2v) is 8.10. The van der Waals surface area contributed by atoms with Crippen molar-refractivity contribution in [2.45, 2.75) is 64.5 Å². The van der Waals surface area contributed by atoms with Gasteiger partial charge in [-0.2, -0.15) is 0 Å². The van der Waals surface area contributed by atoms with E-state index in [4.69, 9.17) is 4.74 Å². The highest BCUT2D eigenvalue weighted by Crippen LogP contribution is 2.38. The number of ether oxygens (including phenoxy) is 1. The molecule has 1 N–H and O–H groups in total. The molecule has 1 aliphatic carbocycles. The van der Waals surface area contributed by atoms with Crippen molar-refractivity contribution >= 4 is 17.5 Å². The predicted molar refractivity (Wildman–Crippen MR) is 97.7 cm³/mol. The van der Waals surface area contributed by atoms with Crippen molar-refractivity contribution in [1.29, 1.82) is 0 Å². The SMILES string of the molecule is CC(C)(C)NC(=O)C(C1CCCCC1)N1C(=O)COc2ccccc21. The van der Waals surface area contributed by atoms with Gasteiger partial charge >= 0.3 is 0 Å². The first-order valence-corrected chi connectivity index (χ1v) is 9.23. The number of amides is 2. The summed E-state index contributed by atoms with van der Waals surface area (Å²) in [6.45, 7) is 5.90. The van der Waals surface area contributed by atoms with Crippen LogP contribution in [0.15, 0.2) is 24.3 Å². The number of nitrogens with zero attached hydrogens (tertiary/aromatic N) is 1. The van der Waals surface area contributed by atoms with E-state index in [0.29, 0.717) is 11.4 Å². The number of para-hydroxylation sites is 2. The Labute approximate surface area is 149 Å². The molecule has 0 bridgehead atoms. The van der Waals surface area contributed by atoms with Crippen molar-refractivity contribution in [3.05, 3.63) is 24.3 Å². The van der Waals surface area contributed by atoms with Crippen LogP contribution in [0.1, 0.15) is 52.9 Å². The maximum absolute atomic E-state index is 13.2. The molecular weight excluding hydrogens is 316 g/mol. The zero-order chi connectivity index (χ0) is 18.0. The molecule has 0 spiro atoms. The minimum Gasteiger partial charge on any atom is -0.482 e. The van der Waals surface area contributed by atoms with Crippen LogP contribution in [0.3, 0.4) is 0 Å². The maximum Gasteiger partial charge on any atom is 0.265 e. The van der Waals surface area contributed by atoms with Crippen molar-refractivity contribution in [1.82, 2.24) is 5.32 Å². The number of hydrogen-bond acceptors (Lipinski definition) is 3. The second-order valence-electron chi connectivity index (χ2n) is 8.10. The number of carbonyl (C=O) groups is 2. The summed E-state index contributed by atoms with van der Waals surface area (Å²) < 4.78 is 5.56. The lowest BCUT2D eigenvalue weighted by atomic mass is 9.82. The van der Waals surface area contributed by atoms with Crippen LogP contribution in [0.2, 0.25) is 0 Å². The average molecular weight is 344 g/mol. The summed E-state index contributed by atoms with van der Waals surface area (Å²) in [6, 6.07) is 7.02. The number of fused-ring (bicyclic) bond motifs is 1. The van der Waals surface area contributed by atoms with Crippen LogP contribution in [0.25, 0.3) is 0 Å². The molecule has 5 heteroatoms. The third-order valence-electron chi connectivity index (χ3n) is 4.89. The van der Waals surface area contributed by atoms with E-state index >= 15 is 0 Å². The third kappa shape index (κ3) is 3.97. The molecule has 1 atom stereocenters. The van der Waals surface area contributed by atoms with Crippen LogP contribution in [0.5, 0.6) is 5.75 Å². The largest absolute Gasteiger partial charge is 0.482 e. The molecule has 1 aromatic carbocycles. The van der Waals surface area contributed by atoms with Gasteiger partial charge in [-0.15, -0.1) is 0 Å². The van der Waals surface area contributed by atoms with E-state index < -0.39 is 6.04 Å². The Balaban J connectivity index is 1.98. The highest BCUT2D eigenvalue weighted by Gasteiger charge is 2.41. The van der Waals surface area contributed by atoms with Crippen molar-refractivity contribution in [2.75, 3.05) is 11.5 Å². The normalized spacial score (nSPS) is 19.8. The molecule has 1 aromatic rings. The van der Waals surface area contributed by atoms with Crippen molar-refractivity contribution < 1.29 is 14.3 Å². The molecule has 2 amide bonds. The molecule has 0 radical (unpaired) electrons. The van der Waals surface area contributed by atoms with Gasteiger partial charge in [-0.05, 0) is 51.7 Å². The lowest BCUT2D eigenvalue weighted by molar-refractivity contribution is -0.130. The van der Waals surface area contributed by atoms with Crippen molar-refractivity contribution in [2.24, 2.45) is 5.92 Å². The Morgan fingerprint density at radius 3 is 2.56 bits per heavy atom. The molecule has 1 aliphatic heterocycles. The summed E-state index contributed by atoms with van der Waals surface area (Å²) in [5.41, 5.74) is 0.372. The fourth-order valence-corrected chi connectivity index (χ4v) is 3.86. The van der Waals surface area contributed by atoms with E-state index in [-0.39, 0.29) is 29.9 Å². The summed E-state index contributed by atoms with van der Waals surface area (Å²) in [7, 11) is 0. The first-order valence-electron chi connectivity index (χ1n) is 9.23. The standard InChI is InChI=1S/C20H28N2O3/c1-20(2,3)21-19(24)18(14-9-5-4-6-10-14)22-15-11-7-8-12-16(15)25-13-17(22)23/h7-8,11-12,14,18H,4-6,9-10,13H2,1-3H3,(H,21,24). The second kappa shape index (κ2) is 7.06. The molecule has 5 nitrogen and oxygen atoms in total. The summed E-state index contributed by atoms with van der Waals surface area (Å²) in [5, 5.41) is 3.09. The molecule has 0 saturated heterocycles. The van der Waals surface area contributed by atoms with Crippen LogP contribution >= 0.6 is 0 Å². The number of carbonyl (C=O) groups excluding carboxylic acids is 2. The van der Waals surface area contributed by atoms with Crippen LogP contribution in [-0.2, 0) is 9.59 Å². The Morgan fingerprint density at radius 1 is 1.20 bits per heavy atom. The topological polar surface area (TPSA) is 58.6 Å². The monoisotopic (exact) mass is 344 g/mol. The third-order valence-corrected chi connectivity index (χ3v) is 4.89. The van der Waals surface area contributed by atoms with Crippen molar-refractivity contribution in [3.8, 4) is 5.75 Å². The smallest absolute Gasteiger partial charge is 0.265 e. The Kier molecular flexibility index (Phi) is 5.02. The zero-order valence-corrected chi connectivity index (χ0v) is 15.4. The maximum atomic E-state index is 13.2. The first-order chi connectivity index (χ1) is 11.9. The van der Waals surface area contributed by atoms with E-state index in [2.05, 4.69) is 5.32 Å². The van der Waals surface area contributed by atoms with E-state index in [1.165, 1.54) is 6.42 Å². The minimum absolute atomic E-state index is 0.0109. The quantitative estimate of drug-likeness (QED) is 0.915. The van der Waals surface area contributed by atoms with Gasteiger partial charge in [0.05, 0.1) is 5.69 Å². The molecular formula is C20H28N2O3. The van der Waals surface area contributed by atoms with Gasteiger partial charge in [-0.25, -0.2) is 0 Å². The fourth-order valence-electron chi connectivity index (χ4n) is 3.86. The van der Waals surface area contributed by atoms with Gasteiger partial charge in [0.25, 0.3) is 5.91 Å². The first kappa shape index (κ1) is 17.8. The summed E-state index contributed by atoms with van der Waals surface area (Å²) in [5.74, 6) is 0.653. The predicted octanol–water partition coefficient (Wildman–Crippen LogP) is 3.28. The molecule has 1 unspecified atom stereocenters. The number of rotatable bonds is 3. The average Bonchev–Trinajstić information content (AvgIpc) is 2.56. The van der Waals surface area contributed by atoms with E-state index in [0.717, 1.165) is 25.7 Å². The molecule has 1 saturated carbocycles. The van der Waals surface area contributed by atoms with Gasteiger partial charge in [-0.1, -0.05) is 31.4 Å². The van der Waals surface area contributed by atoms with Crippen LogP contribution in [0, 0.1) is 5.92 Å². The number of nitrogens with one attached hydrogen (secondary N) is 1. The van der Waals surface area contributed by atoms with Gasteiger partial charge < -0.3 is 10.1 Å². The summed E-state index contributed by atoms with van der Waals surface area (Å²) >= 11 is 0. The summed E-state index contributed by atoms with van der Waals surface area (Å²) in [4.78, 5) is 27.6. The van der Waals surface area contributed by atoms with Gasteiger partial charge in [0.15, 0.2) is 6.61 Å². The lowest BCUT2D eigenvalue weighted by Crippen LogP contribution is -2.59. The van der Waals surface area contributed by atoms with E-state index in [1.54, 1.807) is 4.90 Å². The molecule has 136 valence electrons. The summed E-state index contributed by atoms with van der Waals surface area (Å²) in [6.07, 6.45) is 5.40. The van der Waals surface area contributed by atoms with E-state index in [1.807, 2.05) is 45.0 Å². The number of benzene rings is 1. The Hall–Kier alpha value is -2.04. The highest BCUT2D eigenvalue weighted by atomic mass is 16.5. The van der Waals surface area contributed by atoms with Gasteiger partial charge in [0.2, 0.25) is 5.91 Å². The Bertz CT molecular complexity index is 645. The molecule has 3 rings (SSSR count). The van der Waals surface area contributed by atoms with Crippen LogP contribution < -0.4 is 15.0 Å². The molecule has 1 fully saturated rings. The van der Waals surface area contributed by atoms with Crippen LogP contribution in [0.4, 0.5) is 5.69 Å². The molecule has 2 aliphatic rings. The minimum atomic E-state index is -0.475. The number of hydrogen-bond donors (Lipinski definition) is 1. The zero-order valence-electron chi connectivity index (χ0n) is 15.4. The van der Waals surface area contributed by atoms with Gasteiger partial charge in [0, 0.05) is 5.54 Å².